The number of nitrogens with zero attached hydrogens (tertiary/aromatic N) is 2. The second-order valence-corrected chi connectivity index (χ2v) is 7.20. The second-order valence-electron chi connectivity index (χ2n) is 7.20. The second kappa shape index (κ2) is 7.29. The summed E-state index contributed by atoms with van der Waals surface area (Å²) in [6, 6.07) is 0. The summed E-state index contributed by atoms with van der Waals surface area (Å²) in [5.74, 6) is 1.08. The molecule has 2 saturated heterocycles. The van der Waals surface area contributed by atoms with Gasteiger partial charge in [0, 0.05) is 38.2 Å². The van der Waals surface area contributed by atoms with Crippen LogP contribution in [0.3, 0.4) is 0 Å². The molecule has 1 unspecified atom stereocenters. The average molecular weight is 395 g/mol. The molecule has 1 spiro atoms. The Hall–Kier alpha value is -0.0400. The van der Waals surface area contributed by atoms with Crippen molar-refractivity contribution in [3.8, 4) is 0 Å². The third-order valence-corrected chi connectivity index (χ3v) is 3.96. The molecule has 1 atom stereocenters. The van der Waals surface area contributed by atoms with Crippen molar-refractivity contribution in [2.75, 3.05) is 39.4 Å². The SMILES string of the molecule is CCNC(=NCC(C)(C)C)N1CCC2(CCOC2)C1.I. The van der Waals surface area contributed by atoms with Crippen molar-refractivity contribution in [3.05, 3.63) is 0 Å². The number of aliphatic imine (C=N–C) groups is 1. The molecule has 2 heterocycles. The fourth-order valence-electron chi connectivity index (χ4n) is 2.83. The van der Waals surface area contributed by atoms with Gasteiger partial charge >= 0.3 is 0 Å². The van der Waals surface area contributed by atoms with Crippen LogP contribution in [-0.2, 0) is 4.74 Å². The summed E-state index contributed by atoms with van der Waals surface area (Å²) in [5.41, 5.74) is 0.645. The van der Waals surface area contributed by atoms with Crippen molar-refractivity contribution in [2.24, 2.45) is 15.8 Å². The molecule has 20 heavy (non-hydrogen) atoms. The first kappa shape index (κ1) is 18.0. The van der Waals surface area contributed by atoms with Gasteiger partial charge in [-0.3, -0.25) is 4.99 Å². The molecule has 0 amide bonds. The summed E-state index contributed by atoms with van der Waals surface area (Å²) in [6.45, 7) is 14.7. The Kier molecular flexibility index (Phi) is 6.57. The van der Waals surface area contributed by atoms with Gasteiger partial charge in [-0.15, -0.1) is 24.0 Å². The Morgan fingerprint density at radius 1 is 1.35 bits per heavy atom. The minimum Gasteiger partial charge on any atom is -0.381 e. The van der Waals surface area contributed by atoms with E-state index in [4.69, 9.17) is 9.73 Å². The van der Waals surface area contributed by atoms with E-state index in [0.717, 1.165) is 45.4 Å². The Balaban J connectivity index is 0.00000200. The van der Waals surface area contributed by atoms with Gasteiger partial charge in [0.1, 0.15) is 0 Å². The largest absolute Gasteiger partial charge is 0.381 e. The lowest BCUT2D eigenvalue weighted by Gasteiger charge is -2.26. The molecule has 118 valence electrons. The fourth-order valence-corrected chi connectivity index (χ4v) is 2.83. The molecule has 2 aliphatic rings. The molecule has 0 aliphatic carbocycles. The monoisotopic (exact) mass is 395 g/mol. The molecule has 2 aliphatic heterocycles. The molecule has 0 radical (unpaired) electrons. The number of hydrogen-bond acceptors (Lipinski definition) is 2. The third-order valence-electron chi connectivity index (χ3n) is 3.96. The Morgan fingerprint density at radius 2 is 2.10 bits per heavy atom. The van der Waals surface area contributed by atoms with E-state index in [0.29, 0.717) is 5.41 Å². The minimum atomic E-state index is 0. The van der Waals surface area contributed by atoms with Gasteiger partial charge in [-0.05, 0) is 25.2 Å². The van der Waals surface area contributed by atoms with E-state index in [-0.39, 0.29) is 29.4 Å². The molecule has 0 aromatic rings. The predicted molar refractivity (Wildman–Crippen MR) is 94.9 cm³/mol. The lowest BCUT2D eigenvalue weighted by Crippen LogP contribution is -2.42. The van der Waals surface area contributed by atoms with Gasteiger partial charge < -0.3 is 15.0 Å². The summed E-state index contributed by atoms with van der Waals surface area (Å²) in [4.78, 5) is 7.23. The van der Waals surface area contributed by atoms with Gasteiger partial charge in [-0.25, -0.2) is 0 Å². The zero-order valence-corrected chi connectivity index (χ0v) is 15.7. The first-order valence-electron chi connectivity index (χ1n) is 7.55. The summed E-state index contributed by atoms with van der Waals surface area (Å²) < 4.78 is 5.60. The molecule has 1 N–H and O–H groups in total. The van der Waals surface area contributed by atoms with Gasteiger partial charge in [-0.1, -0.05) is 20.8 Å². The first-order chi connectivity index (χ1) is 8.94. The van der Waals surface area contributed by atoms with Crippen LogP contribution in [0.25, 0.3) is 0 Å². The van der Waals surface area contributed by atoms with Crippen LogP contribution in [0, 0.1) is 10.8 Å². The molecule has 2 fully saturated rings. The first-order valence-corrected chi connectivity index (χ1v) is 7.55. The Labute approximate surface area is 140 Å². The van der Waals surface area contributed by atoms with E-state index in [9.17, 15) is 0 Å². The van der Waals surface area contributed by atoms with Gasteiger partial charge in [0.25, 0.3) is 0 Å². The van der Waals surface area contributed by atoms with Crippen LogP contribution >= 0.6 is 24.0 Å². The van der Waals surface area contributed by atoms with Gasteiger partial charge in [0.15, 0.2) is 5.96 Å². The van der Waals surface area contributed by atoms with Crippen molar-refractivity contribution >= 4 is 29.9 Å². The molecule has 0 aromatic carbocycles. The van der Waals surface area contributed by atoms with Gasteiger partial charge in [0.2, 0.25) is 0 Å². The molecule has 0 saturated carbocycles. The third kappa shape index (κ3) is 4.76. The summed E-state index contributed by atoms with van der Waals surface area (Å²) in [7, 11) is 0. The van der Waals surface area contributed by atoms with E-state index in [1.165, 1.54) is 12.8 Å². The van der Waals surface area contributed by atoms with Crippen molar-refractivity contribution in [2.45, 2.75) is 40.5 Å². The Morgan fingerprint density at radius 3 is 2.65 bits per heavy atom. The van der Waals surface area contributed by atoms with Crippen LogP contribution in [0.2, 0.25) is 0 Å². The molecule has 2 rings (SSSR count). The minimum absolute atomic E-state index is 0. The van der Waals surface area contributed by atoms with E-state index in [2.05, 4.69) is 37.9 Å². The van der Waals surface area contributed by atoms with Crippen LogP contribution in [-0.4, -0.2) is 50.3 Å². The zero-order valence-electron chi connectivity index (χ0n) is 13.4. The number of rotatable bonds is 2. The normalized spacial score (nSPS) is 27.0. The van der Waals surface area contributed by atoms with Crippen molar-refractivity contribution in [3.63, 3.8) is 0 Å². The standard InChI is InChI=1S/C15H29N3O.HI/c1-5-16-13(17-10-14(2,3)4)18-8-6-15(11-18)7-9-19-12-15;/h5-12H2,1-4H3,(H,16,17);1H. The van der Waals surface area contributed by atoms with Gasteiger partial charge in [-0.2, -0.15) is 0 Å². The van der Waals surface area contributed by atoms with Crippen molar-refractivity contribution in [1.29, 1.82) is 0 Å². The Bertz CT molecular complexity index is 333. The molecular weight excluding hydrogens is 365 g/mol. The molecule has 4 nitrogen and oxygen atoms in total. The average Bonchev–Trinajstić information content (AvgIpc) is 2.95. The maximum absolute atomic E-state index is 5.60. The van der Waals surface area contributed by atoms with E-state index < -0.39 is 0 Å². The van der Waals surface area contributed by atoms with E-state index in [1.807, 2.05) is 0 Å². The number of halogens is 1. The highest BCUT2D eigenvalue weighted by Gasteiger charge is 2.42. The molecule has 5 heteroatoms. The number of likely N-dealkylation sites (tertiary alicyclic amines) is 1. The maximum atomic E-state index is 5.60. The van der Waals surface area contributed by atoms with Crippen LogP contribution < -0.4 is 5.32 Å². The smallest absolute Gasteiger partial charge is 0.193 e. The topological polar surface area (TPSA) is 36.9 Å². The van der Waals surface area contributed by atoms with Crippen LogP contribution in [0.1, 0.15) is 40.5 Å². The van der Waals surface area contributed by atoms with E-state index in [1.54, 1.807) is 0 Å². The highest BCUT2D eigenvalue weighted by Crippen LogP contribution is 2.38. The summed E-state index contributed by atoms with van der Waals surface area (Å²) in [6.07, 6.45) is 2.45. The summed E-state index contributed by atoms with van der Waals surface area (Å²) in [5, 5.41) is 3.44. The molecular formula is C15H30IN3O. The van der Waals surface area contributed by atoms with Gasteiger partial charge in [0.05, 0.1) is 6.61 Å². The van der Waals surface area contributed by atoms with Crippen molar-refractivity contribution < 1.29 is 4.74 Å². The number of ether oxygens (including phenoxy) is 1. The molecule has 0 aromatic heterocycles. The van der Waals surface area contributed by atoms with Crippen LogP contribution in [0.5, 0.6) is 0 Å². The highest BCUT2D eigenvalue weighted by molar-refractivity contribution is 14.0. The number of guanidine groups is 1. The highest BCUT2D eigenvalue weighted by atomic mass is 127. The predicted octanol–water partition coefficient (Wildman–Crippen LogP) is 2.73. The number of nitrogens with one attached hydrogen (secondary N) is 1. The fraction of sp³-hybridized carbons (Fsp3) is 0.933. The molecule has 0 bridgehead atoms. The van der Waals surface area contributed by atoms with Crippen molar-refractivity contribution in [1.82, 2.24) is 10.2 Å². The van der Waals surface area contributed by atoms with E-state index >= 15 is 0 Å². The van der Waals surface area contributed by atoms with Crippen LogP contribution in [0.4, 0.5) is 0 Å². The quantitative estimate of drug-likeness (QED) is 0.444. The lowest BCUT2D eigenvalue weighted by molar-refractivity contribution is 0.156. The zero-order chi connectivity index (χ0) is 13.9. The number of hydrogen-bond donors (Lipinski definition) is 1. The lowest BCUT2D eigenvalue weighted by atomic mass is 9.87. The summed E-state index contributed by atoms with van der Waals surface area (Å²) >= 11 is 0. The van der Waals surface area contributed by atoms with Crippen LogP contribution in [0.15, 0.2) is 4.99 Å². The maximum Gasteiger partial charge on any atom is 0.193 e.